The van der Waals surface area contributed by atoms with Crippen molar-refractivity contribution in [1.29, 1.82) is 0 Å². The molecule has 6 heteroatoms. The predicted octanol–water partition coefficient (Wildman–Crippen LogP) is 2.42. The molecule has 27 heavy (non-hydrogen) atoms. The molecular weight excluding hydrogens is 340 g/mol. The van der Waals surface area contributed by atoms with E-state index < -0.39 is 0 Å². The van der Waals surface area contributed by atoms with Crippen molar-refractivity contribution in [1.82, 2.24) is 15.5 Å². The Labute approximate surface area is 163 Å². The fraction of sp³-hybridized carbons (Fsp3) is 0.667. The smallest absolute Gasteiger partial charge is 0.191 e. The number of likely N-dealkylation sites (tertiary alicyclic amines) is 1. The standard InChI is InChI=1S/C21H34N4O2/c1-4-22-20(24-14-21(2)15-27-16-21)23-13-18(25-11-7-8-12-25)17-9-5-6-10-19(17)26-3/h5-6,9-10,18H,4,7-8,11-16H2,1-3H3,(H2,22,23,24). The van der Waals surface area contributed by atoms with Crippen molar-refractivity contribution in [2.45, 2.75) is 32.7 Å². The summed E-state index contributed by atoms with van der Waals surface area (Å²) in [5.74, 6) is 1.84. The lowest BCUT2D eigenvalue weighted by Gasteiger charge is -2.36. The maximum Gasteiger partial charge on any atom is 0.191 e. The summed E-state index contributed by atoms with van der Waals surface area (Å²) >= 11 is 0. The lowest BCUT2D eigenvalue weighted by Crippen LogP contribution is -2.46. The van der Waals surface area contributed by atoms with Crippen LogP contribution in [0.5, 0.6) is 5.75 Å². The summed E-state index contributed by atoms with van der Waals surface area (Å²) in [7, 11) is 1.75. The number of benzene rings is 1. The Bertz CT molecular complexity index is 624. The third-order valence-electron chi connectivity index (χ3n) is 5.41. The molecule has 0 amide bonds. The van der Waals surface area contributed by atoms with Gasteiger partial charge in [0, 0.05) is 24.1 Å². The van der Waals surface area contributed by atoms with E-state index in [2.05, 4.69) is 47.6 Å². The van der Waals surface area contributed by atoms with E-state index in [0.29, 0.717) is 0 Å². The van der Waals surface area contributed by atoms with E-state index in [1.54, 1.807) is 7.11 Å². The topological polar surface area (TPSA) is 58.1 Å². The third-order valence-corrected chi connectivity index (χ3v) is 5.41. The summed E-state index contributed by atoms with van der Waals surface area (Å²) in [6, 6.07) is 8.63. The number of aliphatic imine (C=N–C) groups is 1. The van der Waals surface area contributed by atoms with Crippen LogP contribution in [0, 0.1) is 5.41 Å². The summed E-state index contributed by atoms with van der Waals surface area (Å²) < 4.78 is 11.0. The maximum atomic E-state index is 5.64. The van der Waals surface area contributed by atoms with E-state index >= 15 is 0 Å². The van der Waals surface area contributed by atoms with Gasteiger partial charge in [0.15, 0.2) is 5.96 Å². The van der Waals surface area contributed by atoms with E-state index in [0.717, 1.165) is 57.6 Å². The van der Waals surface area contributed by atoms with Gasteiger partial charge in [0.1, 0.15) is 5.75 Å². The molecule has 2 heterocycles. The molecule has 0 spiro atoms. The van der Waals surface area contributed by atoms with Crippen LogP contribution < -0.4 is 15.4 Å². The zero-order chi connectivity index (χ0) is 19.1. The van der Waals surface area contributed by atoms with E-state index in [4.69, 9.17) is 14.5 Å². The van der Waals surface area contributed by atoms with Crippen molar-refractivity contribution in [2.24, 2.45) is 10.4 Å². The number of nitrogens with one attached hydrogen (secondary N) is 2. The molecule has 1 aromatic carbocycles. The van der Waals surface area contributed by atoms with Gasteiger partial charge in [0.05, 0.1) is 32.9 Å². The molecule has 0 aliphatic carbocycles. The van der Waals surface area contributed by atoms with Crippen LogP contribution in [0.3, 0.4) is 0 Å². The highest BCUT2D eigenvalue weighted by atomic mass is 16.5. The maximum absolute atomic E-state index is 5.64. The predicted molar refractivity (Wildman–Crippen MR) is 109 cm³/mol. The number of rotatable bonds is 8. The van der Waals surface area contributed by atoms with E-state index in [1.807, 2.05) is 6.07 Å². The first kappa shape index (κ1) is 20.0. The molecule has 0 aromatic heterocycles. The van der Waals surface area contributed by atoms with Crippen LogP contribution in [0.2, 0.25) is 0 Å². The third kappa shape index (κ3) is 5.14. The number of para-hydroxylation sites is 1. The summed E-state index contributed by atoms with van der Waals surface area (Å²) in [5.41, 5.74) is 1.42. The van der Waals surface area contributed by atoms with Crippen LogP contribution >= 0.6 is 0 Å². The molecule has 2 fully saturated rings. The molecule has 0 radical (unpaired) electrons. The number of hydrogen-bond acceptors (Lipinski definition) is 4. The Morgan fingerprint density at radius 1 is 1.26 bits per heavy atom. The molecule has 0 bridgehead atoms. The zero-order valence-electron chi connectivity index (χ0n) is 17.0. The molecule has 150 valence electrons. The summed E-state index contributed by atoms with van der Waals surface area (Å²) in [4.78, 5) is 7.36. The van der Waals surface area contributed by atoms with Crippen molar-refractivity contribution in [3.63, 3.8) is 0 Å². The molecular formula is C21H34N4O2. The highest BCUT2D eigenvalue weighted by Crippen LogP contribution is 2.31. The molecule has 1 atom stereocenters. The minimum atomic E-state index is 0.180. The average Bonchev–Trinajstić information content (AvgIpc) is 3.19. The van der Waals surface area contributed by atoms with Gasteiger partial charge in [-0.25, -0.2) is 0 Å². The number of ether oxygens (including phenoxy) is 2. The zero-order valence-corrected chi connectivity index (χ0v) is 17.0. The van der Waals surface area contributed by atoms with Crippen molar-refractivity contribution in [2.75, 3.05) is 53.0 Å². The first-order chi connectivity index (χ1) is 13.1. The summed E-state index contributed by atoms with van der Waals surface area (Å²) in [6.45, 7) is 10.6. The second-order valence-corrected chi connectivity index (χ2v) is 7.88. The molecule has 1 aromatic rings. The van der Waals surface area contributed by atoms with Crippen LogP contribution in [0.1, 0.15) is 38.3 Å². The van der Waals surface area contributed by atoms with Gasteiger partial charge in [0.2, 0.25) is 0 Å². The van der Waals surface area contributed by atoms with Crippen molar-refractivity contribution in [3.8, 4) is 5.75 Å². The van der Waals surface area contributed by atoms with Gasteiger partial charge in [-0.1, -0.05) is 25.1 Å². The van der Waals surface area contributed by atoms with Gasteiger partial charge >= 0.3 is 0 Å². The van der Waals surface area contributed by atoms with Crippen molar-refractivity contribution >= 4 is 5.96 Å². The molecule has 3 rings (SSSR count). The van der Waals surface area contributed by atoms with E-state index in [1.165, 1.54) is 18.4 Å². The second-order valence-electron chi connectivity index (χ2n) is 7.88. The van der Waals surface area contributed by atoms with Gasteiger partial charge in [-0.2, -0.15) is 0 Å². The molecule has 0 saturated carbocycles. The normalized spacial score (nSPS) is 20.8. The van der Waals surface area contributed by atoms with Crippen LogP contribution in [0.15, 0.2) is 29.3 Å². The largest absolute Gasteiger partial charge is 0.496 e. The van der Waals surface area contributed by atoms with E-state index in [9.17, 15) is 0 Å². The lowest BCUT2D eigenvalue weighted by atomic mass is 9.89. The Morgan fingerprint density at radius 3 is 2.63 bits per heavy atom. The minimum absolute atomic E-state index is 0.180. The second kappa shape index (κ2) is 9.42. The number of methoxy groups -OCH3 is 1. The van der Waals surface area contributed by atoms with Gasteiger partial charge in [-0.3, -0.25) is 9.89 Å². The number of guanidine groups is 1. The monoisotopic (exact) mass is 374 g/mol. The first-order valence-corrected chi connectivity index (χ1v) is 10.1. The highest BCUT2D eigenvalue weighted by molar-refractivity contribution is 5.79. The SMILES string of the molecule is CCNC(=NCC1(C)COC1)NCC(c1ccccc1OC)N1CCCC1. The van der Waals surface area contributed by atoms with Crippen LogP contribution in [-0.2, 0) is 4.74 Å². The summed E-state index contributed by atoms with van der Waals surface area (Å²) in [6.07, 6.45) is 2.52. The van der Waals surface area contributed by atoms with Gasteiger partial charge < -0.3 is 20.1 Å². The fourth-order valence-electron chi connectivity index (χ4n) is 3.78. The quantitative estimate of drug-likeness (QED) is 0.541. The molecule has 2 aliphatic rings. The van der Waals surface area contributed by atoms with Crippen molar-refractivity contribution < 1.29 is 9.47 Å². The molecule has 1 unspecified atom stereocenters. The fourth-order valence-corrected chi connectivity index (χ4v) is 3.78. The Hall–Kier alpha value is -1.79. The Morgan fingerprint density at radius 2 is 2.00 bits per heavy atom. The number of hydrogen-bond donors (Lipinski definition) is 2. The first-order valence-electron chi connectivity index (χ1n) is 10.1. The van der Waals surface area contributed by atoms with Crippen LogP contribution in [0.25, 0.3) is 0 Å². The summed E-state index contributed by atoms with van der Waals surface area (Å²) in [5, 5.41) is 6.95. The minimum Gasteiger partial charge on any atom is -0.496 e. The molecule has 2 saturated heterocycles. The van der Waals surface area contributed by atoms with E-state index in [-0.39, 0.29) is 11.5 Å². The van der Waals surface area contributed by atoms with Gasteiger partial charge in [0.25, 0.3) is 0 Å². The molecule has 2 N–H and O–H groups in total. The molecule has 2 aliphatic heterocycles. The molecule has 6 nitrogen and oxygen atoms in total. The van der Waals surface area contributed by atoms with Crippen molar-refractivity contribution in [3.05, 3.63) is 29.8 Å². The van der Waals surface area contributed by atoms with Gasteiger partial charge in [-0.05, 0) is 38.9 Å². The lowest BCUT2D eigenvalue weighted by molar-refractivity contribution is -0.0945. The average molecular weight is 375 g/mol. The highest BCUT2D eigenvalue weighted by Gasteiger charge is 2.33. The number of nitrogens with zero attached hydrogens (tertiary/aromatic N) is 2. The Balaban J connectivity index is 1.71. The van der Waals surface area contributed by atoms with Crippen LogP contribution in [0.4, 0.5) is 0 Å². The van der Waals surface area contributed by atoms with Gasteiger partial charge in [-0.15, -0.1) is 0 Å². The Kier molecular flexibility index (Phi) is 6.96. The van der Waals surface area contributed by atoms with Crippen LogP contribution in [-0.4, -0.2) is 63.9 Å².